The molecule has 190 valence electrons. The van der Waals surface area contributed by atoms with Crippen molar-refractivity contribution in [3.63, 3.8) is 0 Å². The monoisotopic (exact) mass is 498 g/mol. The molecule has 0 saturated carbocycles. The second-order valence-corrected chi connectivity index (χ2v) is 9.39. The number of nitrogens with one attached hydrogen (secondary N) is 1. The topological polar surface area (TPSA) is 124 Å². The van der Waals surface area contributed by atoms with Gasteiger partial charge in [0.2, 0.25) is 0 Å². The number of aromatic nitrogens is 5. The van der Waals surface area contributed by atoms with E-state index in [1.807, 2.05) is 65.6 Å². The molecule has 0 aliphatic carbocycles. The van der Waals surface area contributed by atoms with E-state index in [4.69, 9.17) is 10.5 Å². The summed E-state index contributed by atoms with van der Waals surface area (Å²) in [6, 6.07) is 19.9. The quantitative estimate of drug-likeness (QED) is 0.399. The van der Waals surface area contributed by atoms with Crippen LogP contribution in [0.5, 0.6) is 5.75 Å². The number of hydrogen-bond donors (Lipinski definition) is 2. The van der Waals surface area contributed by atoms with E-state index in [0.29, 0.717) is 36.8 Å². The van der Waals surface area contributed by atoms with Crippen molar-refractivity contribution in [2.45, 2.75) is 39.1 Å². The Labute approximate surface area is 215 Å². The molecule has 1 fully saturated rings. The van der Waals surface area contributed by atoms with E-state index in [9.17, 15) is 4.79 Å². The van der Waals surface area contributed by atoms with Gasteiger partial charge in [0.05, 0.1) is 6.54 Å². The van der Waals surface area contributed by atoms with Crippen LogP contribution in [0.15, 0.2) is 66.9 Å². The van der Waals surface area contributed by atoms with Crippen LogP contribution in [0.2, 0.25) is 0 Å². The van der Waals surface area contributed by atoms with Crippen LogP contribution in [0.25, 0.3) is 11.1 Å². The van der Waals surface area contributed by atoms with Gasteiger partial charge in [-0.05, 0) is 53.6 Å². The number of carbonyl (C=O) groups excluding carboxylic acids is 1. The lowest BCUT2D eigenvalue weighted by Gasteiger charge is -2.36. The lowest BCUT2D eigenvalue weighted by molar-refractivity contribution is 0.0674. The van der Waals surface area contributed by atoms with Crippen molar-refractivity contribution < 1.29 is 9.53 Å². The largest absolute Gasteiger partial charge is 0.482 e. The van der Waals surface area contributed by atoms with Crippen molar-refractivity contribution in [3.05, 3.63) is 83.8 Å². The average Bonchev–Trinajstić information content (AvgIpc) is 3.34. The highest BCUT2D eigenvalue weighted by atomic mass is 16.5. The van der Waals surface area contributed by atoms with E-state index >= 15 is 0 Å². The predicted octanol–water partition coefficient (Wildman–Crippen LogP) is 2.77. The van der Waals surface area contributed by atoms with Gasteiger partial charge in [-0.2, -0.15) is 0 Å². The third-order valence-corrected chi connectivity index (χ3v) is 6.33. The number of hydrogen-bond acceptors (Lipinski definition) is 8. The van der Waals surface area contributed by atoms with Crippen molar-refractivity contribution >= 4 is 11.7 Å². The molecule has 10 heteroatoms. The predicted molar refractivity (Wildman–Crippen MR) is 140 cm³/mol. The Kier molecular flexibility index (Phi) is 7.09. The highest BCUT2D eigenvalue weighted by molar-refractivity contribution is 5.95. The van der Waals surface area contributed by atoms with E-state index in [-0.39, 0.29) is 30.4 Å². The molecule has 1 amide bonds. The minimum absolute atomic E-state index is 0.0411. The molecule has 5 rings (SSSR count). The second kappa shape index (κ2) is 10.8. The number of nitrogens with two attached hydrogens (primary N) is 1. The van der Waals surface area contributed by atoms with Crippen molar-refractivity contribution in [1.29, 1.82) is 0 Å². The average molecular weight is 499 g/mol. The van der Waals surface area contributed by atoms with Gasteiger partial charge in [-0.15, -0.1) is 5.10 Å². The number of ether oxygens (including phenoxy) is 1. The van der Waals surface area contributed by atoms with E-state index in [0.717, 1.165) is 16.7 Å². The van der Waals surface area contributed by atoms with Gasteiger partial charge in [0.15, 0.2) is 17.4 Å². The number of pyridine rings is 1. The Hall–Kier alpha value is -4.31. The molecular formula is C27H30N8O2. The molecule has 3 N–H and O–H groups in total. The van der Waals surface area contributed by atoms with Gasteiger partial charge in [0, 0.05) is 42.5 Å². The maximum atomic E-state index is 13.0. The molecule has 10 nitrogen and oxygen atoms in total. The number of piperazine rings is 1. The normalized spacial score (nSPS) is 17.5. The zero-order valence-electron chi connectivity index (χ0n) is 20.9. The van der Waals surface area contributed by atoms with Crippen LogP contribution in [0.3, 0.4) is 0 Å². The van der Waals surface area contributed by atoms with Crippen molar-refractivity contribution in [3.8, 4) is 16.9 Å². The number of benzene rings is 2. The molecule has 1 aliphatic rings. The number of anilines is 1. The molecule has 0 spiro atoms. The van der Waals surface area contributed by atoms with Gasteiger partial charge in [0.25, 0.3) is 5.91 Å². The molecule has 0 radical (unpaired) electrons. The lowest BCUT2D eigenvalue weighted by atomic mass is 10.0. The summed E-state index contributed by atoms with van der Waals surface area (Å²) in [6.07, 6.45) is 1.69. The third-order valence-electron chi connectivity index (χ3n) is 6.33. The highest BCUT2D eigenvalue weighted by Crippen LogP contribution is 2.28. The molecule has 3 heterocycles. The van der Waals surface area contributed by atoms with Crippen molar-refractivity contribution in [2.75, 3.05) is 18.8 Å². The highest BCUT2D eigenvalue weighted by Gasteiger charge is 2.25. The summed E-state index contributed by atoms with van der Waals surface area (Å²) < 4.78 is 7.66. The first kappa shape index (κ1) is 24.4. The fraction of sp³-hybridized carbons (Fsp3) is 0.296. The summed E-state index contributed by atoms with van der Waals surface area (Å²) in [5.41, 5.74) is 9.57. The van der Waals surface area contributed by atoms with Gasteiger partial charge < -0.3 is 20.7 Å². The van der Waals surface area contributed by atoms with Gasteiger partial charge in [0.1, 0.15) is 6.61 Å². The number of tetrazole rings is 1. The number of nitrogens with zero attached hydrogens (tertiary/aromatic N) is 6. The fourth-order valence-electron chi connectivity index (χ4n) is 4.56. The summed E-state index contributed by atoms with van der Waals surface area (Å²) in [4.78, 5) is 19.2. The molecule has 4 aromatic rings. The number of nitrogen functional groups attached to an aromatic ring is 1. The van der Waals surface area contributed by atoms with E-state index in [2.05, 4.69) is 39.7 Å². The Bertz CT molecular complexity index is 1350. The number of rotatable bonds is 7. The molecule has 37 heavy (non-hydrogen) atoms. The summed E-state index contributed by atoms with van der Waals surface area (Å²) in [6.45, 7) is 6.26. The zero-order valence-corrected chi connectivity index (χ0v) is 20.9. The van der Waals surface area contributed by atoms with Crippen molar-refractivity contribution in [1.82, 2.24) is 35.4 Å². The molecule has 2 aromatic heterocycles. The Morgan fingerprint density at radius 1 is 1.05 bits per heavy atom. The first-order chi connectivity index (χ1) is 18.0. The second-order valence-electron chi connectivity index (χ2n) is 9.39. The van der Waals surface area contributed by atoms with E-state index < -0.39 is 0 Å². The molecule has 2 atom stereocenters. The molecule has 1 saturated heterocycles. The number of carbonyl (C=O) groups is 1. The third kappa shape index (κ3) is 5.75. The van der Waals surface area contributed by atoms with Crippen molar-refractivity contribution in [2.24, 2.45) is 0 Å². The van der Waals surface area contributed by atoms with Gasteiger partial charge in [-0.3, -0.25) is 4.79 Å². The minimum atomic E-state index is 0.0411. The Balaban J connectivity index is 1.27. The van der Waals surface area contributed by atoms with Crippen LogP contribution in [-0.4, -0.2) is 61.2 Å². The van der Waals surface area contributed by atoms with Gasteiger partial charge in [-0.1, -0.05) is 42.5 Å². The molecule has 1 aliphatic heterocycles. The number of amides is 1. The summed E-state index contributed by atoms with van der Waals surface area (Å²) in [5.74, 6) is 1.34. The van der Waals surface area contributed by atoms with Gasteiger partial charge >= 0.3 is 0 Å². The Morgan fingerprint density at radius 2 is 1.78 bits per heavy atom. The first-order valence-electron chi connectivity index (χ1n) is 12.3. The molecule has 2 unspecified atom stereocenters. The van der Waals surface area contributed by atoms with Crippen LogP contribution < -0.4 is 15.8 Å². The molecular weight excluding hydrogens is 468 g/mol. The van der Waals surface area contributed by atoms with Crippen LogP contribution in [0, 0.1) is 0 Å². The standard InChI is InChI=1S/C27H30N8O2/c1-18-14-34(15-19(2)30-18)27(36)22-10-8-21(9-11-22)23-12-24(26(28)29-13-23)37-17-25-31-32-33-35(25)16-20-6-4-3-5-7-20/h3-13,18-19,30H,14-17H2,1-2H3,(H2,28,29). The lowest BCUT2D eigenvalue weighted by Crippen LogP contribution is -2.55. The maximum Gasteiger partial charge on any atom is 0.253 e. The van der Waals surface area contributed by atoms with E-state index in [1.165, 1.54) is 0 Å². The SMILES string of the molecule is CC1CN(C(=O)c2ccc(-c3cnc(N)c(OCc4nnnn4Cc4ccccc4)c3)cc2)CC(C)N1. The maximum absolute atomic E-state index is 13.0. The van der Waals surface area contributed by atoms with Gasteiger partial charge in [-0.25, -0.2) is 9.67 Å². The van der Waals surface area contributed by atoms with Crippen LogP contribution in [0.4, 0.5) is 5.82 Å². The fourth-order valence-corrected chi connectivity index (χ4v) is 4.56. The molecule has 2 aromatic carbocycles. The van der Waals surface area contributed by atoms with Crippen LogP contribution in [-0.2, 0) is 13.2 Å². The summed E-state index contributed by atoms with van der Waals surface area (Å²) in [5, 5.41) is 15.4. The summed E-state index contributed by atoms with van der Waals surface area (Å²) in [7, 11) is 0. The first-order valence-corrected chi connectivity index (χ1v) is 12.3. The van der Waals surface area contributed by atoms with Crippen LogP contribution in [0.1, 0.15) is 35.6 Å². The van der Waals surface area contributed by atoms with Crippen LogP contribution >= 0.6 is 0 Å². The Morgan fingerprint density at radius 3 is 2.51 bits per heavy atom. The smallest absolute Gasteiger partial charge is 0.253 e. The van der Waals surface area contributed by atoms with E-state index in [1.54, 1.807) is 10.9 Å². The molecule has 0 bridgehead atoms. The summed E-state index contributed by atoms with van der Waals surface area (Å²) >= 11 is 0. The zero-order chi connectivity index (χ0) is 25.8. The minimum Gasteiger partial charge on any atom is -0.482 e.